The maximum atomic E-state index is 13.1. The highest BCUT2D eigenvalue weighted by atomic mass is 19.1. The lowest BCUT2D eigenvalue weighted by Gasteiger charge is -2.32. The van der Waals surface area contributed by atoms with Crippen LogP contribution in [0.4, 0.5) is 4.39 Å². The minimum absolute atomic E-state index is 0.0254. The largest absolute Gasteiger partial charge is 0.392 e. The number of pyridine rings is 1. The molecule has 1 aliphatic rings. The number of hydrogen-bond acceptors (Lipinski definition) is 3. The van der Waals surface area contributed by atoms with Gasteiger partial charge in [-0.2, -0.15) is 0 Å². The number of carbonyl (C=O) groups is 1. The molecule has 1 atom stereocenters. The molecule has 4 rings (SSSR count). The maximum Gasteiger partial charge on any atom is 0.227 e. The van der Waals surface area contributed by atoms with Crippen LogP contribution in [-0.2, 0) is 17.8 Å². The van der Waals surface area contributed by atoms with Crippen molar-refractivity contribution >= 4 is 5.91 Å². The number of benzene rings is 2. The van der Waals surface area contributed by atoms with Crippen LogP contribution in [0.25, 0.3) is 11.3 Å². The molecule has 0 radical (unpaired) electrons. The van der Waals surface area contributed by atoms with Crippen molar-refractivity contribution in [2.24, 2.45) is 0 Å². The summed E-state index contributed by atoms with van der Waals surface area (Å²) in [5, 5.41) is 9.22. The van der Waals surface area contributed by atoms with Crippen molar-refractivity contribution in [2.75, 3.05) is 13.1 Å². The fraction of sp³-hybridized carbons (Fsp3) is 0.280. The van der Waals surface area contributed by atoms with Crippen molar-refractivity contribution in [1.29, 1.82) is 0 Å². The number of carbonyl (C=O) groups excluding carboxylic acids is 1. The van der Waals surface area contributed by atoms with Crippen LogP contribution in [0.3, 0.4) is 0 Å². The van der Waals surface area contributed by atoms with Gasteiger partial charge in [0.15, 0.2) is 0 Å². The van der Waals surface area contributed by atoms with Crippen molar-refractivity contribution in [3.05, 3.63) is 89.4 Å². The molecule has 0 saturated carbocycles. The minimum Gasteiger partial charge on any atom is -0.392 e. The first-order chi connectivity index (χ1) is 14.6. The van der Waals surface area contributed by atoms with Gasteiger partial charge in [0, 0.05) is 30.3 Å². The van der Waals surface area contributed by atoms with E-state index in [4.69, 9.17) is 4.98 Å². The van der Waals surface area contributed by atoms with Gasteiger partial charge >= 0.3 is 0 Å². The van der Waals surface area contributed by atoms with E-state index in [1.54, 1.807) is 12.1 Å². The van der Waals surface area contributed by atoms with Crippen LogP contribution >= 0.6 is 0 Å². The predicted octanol–water partition coefficient (Wildman–Crippen LogP) is 4.33. The zero-order chi connectivity index (χ0) is 20.9. The molecule has 30 heavy (non-hydrogen) atoms. The molecule has 1 fully saturated rings. The Hall–Kier alpha value is -3.05. The van der Waals surface area contributed by atoms with Gasteiger partial charge < -0.3 is 10.0 Å². The molecule has 1 unspecified atom stereocenters. The summed E-state index contributed by atoms with van der Waals surface area (Å²) >= 11 is 0. The first-order valence-electron chi connectivity index (χ1n) is 10.3. The number of piperidine rings is 1. The van der Waals surface area contributed by atoms with Gasteiger partial charge in [0.05, 0.1) is 18.7 Å². The van der Waals surface area contributed by atoms with E-state index in [1.807, 2.05) is 47.4 Å². The van der Waals surface area contributed by atoms with Crippen molar-refractivity contribution < 1.29 is 14.3 Å². The van der Waals surface area contributed by atoms with Crippen molar-refractivity contribution in [2.45, 2.75) is 31.8 Å². The van der Waals surface area contributed by atoms with Gasteiger partial charge in [-0.3, -0.25) is 9.78 Å². The van der Waals surface area contributed by atoms with Crippen LogP contribution in [0.5, 0.6) is 0 Å². The van der Waals surface area contributed by atoms with E-state index in [1.165, 1.54) is 12.1 Å². The van der Waals surface area contributed by atoms with Gasteiger partial charge in [-0.25, -0.2) is 4.39 Å². The highest BCUT2D eigenvalue weighted by Crippen LogP contribution is 2.28. The first kappa shape index (κ1) is 20.2. The Kier molecular flexibility index (Phi) is 6.19. The maximum absolute atomic E-state index is 13.1. The normalized spacial score (nSPS) is 16.5. The average molecular weight is 404 g/mol. The molecular weight excluding hydrogens is 379 g/mol. The highest BCUT2D eigenvalue weighted by Gasteiger charge is 2.25. The molecule has 5 heteroatoms. The molecule has 4 nitrogen and oxygen atoms in total. The molecule has 2 aromatic carbocycles. The van der Waals surface area contributed by atoms with Crippen LogP contribution in [-0.4, -0.2) is 34.0 Å². The SMILES string of the molecule is O=C(Cc1ccc(F)cc1)N1CCCC(c2cccc(-c3ccc(CO)cc3)n2)C1. The zero-order valence-electron chi connectivity index (χ0n) is 16.8. The summed E-state index contributed by atoms with van der Waals surface area (Å²) in [5.74, 6) is -0.0177. The molecule has 1 amide bonds. The Morgan fingerprint density at radius 1 is 1.03 bits per heavy atom. The molecular formula is C25H25FN2O2. The number of likely N-dealkylation sites (tertiary alicyclic amines) is 1. The Morgan fingerprint density at radius 3 is 2.50 bits per heavy atom. The van der Waals surface area contributed by atoms with Gasteiger partial charge in [-0.15, -0.1) is 0 Å². The monoisotopic (exact) mass is 404 g/mol. The first-order valence-corrected chi connectivity index (χ1v) is 10.3. The Bertz CT molecular complexity index is 1000. The topological polar surface area (TPSA) is 53.4 Å². The number of nitrogens with zero attached hydrogens (tertiary/aromatic N) is 2. The van der Waals surface area contributed by atoms with E-state index in [0.717, 1.165) is 47.5 Å². The van der Waals surface area contributed by atoms with Crippen molar-refractivity contribution in [3.8, 4) is 11.3 Å². The fourth-order valence-electron chi connectivity index (χ4n) is 3.95. The lowest BCUT2D eigenvalue weighted by molar-refractivity contribution is -0.131. The van der Waals surface area contributed by atoms with Crippen LogP contribution in [0, 0.1) is 5.82 Å². The van der Waals surface area contributed by atoms with E-state index < -0.39 is 0 Å². The lowest BCUT2D eigenvalue weighted by atomic mass is 9.93. The summed E-state index contributed by atoms with van der Waals surface area (Å²) in [7, 11) is 0. The van der Waals surface area contributed by atoms with Crippen LogP contribution in [0.15, 0.2) is 66.7 Å². The summed E-state index contributed by atoms with van der Waals surface area (Å²) in [6.07, 6.45) is 2.23. The van der Waals surface area contributed by atoms with Crippen LogP contribution in [0.1, 0.15) is 35.6 Å². The van der Waals surface area contributed by atoms with Crippen molar-refractivity contribution in [1.82, 2.24) is 9.88 Å². The third-order valence-corrected chi connectivity index (χ3v) is 5.66. The molecule has 154 valence electrons. The molecule has 1 N–H and O–H groups in total. The predicted molar refractivity (Wildman–Crippen MR) is 114 cm³/mol. The summed E-state index contributed by atoms with van der Waals surface area (Å²) in [5.41, 5.74) is 4.60. The third kappa shape index (κ3) is 4.74. The van der Waals surface area contributed by atoms with Gasteiger partial charge in [0.25, 0.3) is 0 Å². The molecule has 0 aliphatic carbocycles. The number of amides is 1. The standard InChI is InChI=1S/C25H25FN2O2/c26-22-12-8-18(9-13-22)15-25(30)28-14-2-3-21(16-28)24-5-1-4-23(27-24)20-10-6-19(17-29)7-11-20/h1,4-13,21,29H,2-3,14-17H2. The van der Waals surface area contributed by atoms with E-state index in [9.17, 15) is 14.3 Å². The number of aromatic nitrogens is 1. The smallest absolute Gasteiger partial charge is 0.227 e. The van der Waals surface area contributed by atoms with E-state index in [-0.39, 0.29) is 30.7 Å². The Balaban J connectivity index is 1.46. The quantitative estimate of drug-likeness (QED) is 0.689. The number of hydrogen-bond donors (Lipinski definition) is 1. The molecule has 0 spiro atoms. The minimum atomic E-state index is -0.291. The number of halogens is 1. The second-order valence-corrected chi connectivity index (χ2v) is 7.78. The van der Waals surface area contributed by atoms with E-state index in [0.29, 0.717) is 6.54 Å². The lowest BCUT2D eigenvalue weighted by Crippen LogP contribution is -2.40. The Labute approximate surface area is 176 Å². The van der Waals surface area contributed by atoms with Gasteiger partial charge in [0.1, 0.15) is 5.82 Å². The molecule has 1 saturated heterocycles. The second kappa shape index (κ2) is 9.18. The number of aliphatic hydroxyl groups is 1. The summed E-state index contributed by atoms with van der Waals surface area (Å²) in [6.45, 7) is 1.43. The number of rotatable bonds is 5. The summed E-state index contributed by atoms with van der Waals surface area (Å²) in [6, 6.07) is 19.9. The fourth-order valence-corrected chi connectivity index (χ4v) is 3.95. The highest BCUT2D eigenvalue weighted by molar-refractivity contribution is 5.79. The van der Waals surface area contributed by atoms with E-state index in [2.05, 4.69) is 0 Å². The van der Waals surface area contributed by atoms with Crippen LogP contribution < -0.4 is 0 Å². The summed E-state index contributed by atoms with van der Waals surface area (Å²) < 4.78 is 13.1. The molecule has 1 aromatic heterocycles. The molecule has 3 aromatic rings. The van der Waals surface area contributed by atoms with Crippen molar-refractivity contribution in [3.63, 3.8) is 0 Å². The Morgan fingerprint density at radius 2 is 1.77 bits per heavy atom. The van der Waals surface area contributed by atoms with Gasteiger partial charge in [-0.1, -0.05) is 42.5 Å². The molecule has 1 aliphatic heterocycles. The third-order valence-electron chi connectivity index (χ3n) is 5.66. The molecule has 2 heterocycles. The van der Waals surface area contributed by atoms with Crippen LogP contribution in [0.2, 0.25) is 0 Å². The zero-order valence-corrected chi connectivity index (χ0v) is 16.8. The van der Waals surface area contributed by atoms with E-state index >= 15 is 0 Å². The van der Waals surface area contributed by atoms with Gasteiger partial charge in [-0.05, 0) is 48.2 Å². The van der Waals surface area contributed by atoms with Gasteiger partial charge in [0.2, 0.25) is 5.91 Å². The summed E-state index contributed by atoms with van der Waals surface area (Å²) in [4.78, 5) is 19.5. The average Bonchev–Trinajstić information content (AvgIpc) is 2.81. The number of aliphatic hydroxyl groups excluding tert-OH is 1. The molecule has 0 bridgehead atoms. The second-order valence-electron chi connectivity index (χ2n) is 7.78.